The van der Waals surface area contributed by atoms with Gasteiger partial charge in [-0.1, -0.05) is 13.8 Å². The number of benzene rings is 1. The summed E-state index contributed by atoms with van der Waals surface area (Å²) in [7, 11) is -3.69. The number of amides is 1. The van der Waals surface area contributed by atoms with Crippen LogP contribution in [0.5, 0.6) is 0 Å². The highest BCUT2D eigenvalue weighted by molar-refractivity contribution is 7.89. The summed E-state index contributed by atoms with van der Waals surface area (Å²) in [5, 5.41) is 0. The summed E-state index contributed by atoms with van der Waals surface area (Å²) in [6.07, 6.45) is 1.17. The van der Waals surface area contributed by atoms with Crippen molar-refractivity contribution >= 4 is 21.6 Å². The van der Waals surface area contributed by atoms with E-state index >= 15 is 0 Å². The van der Waals surface area contributed by atoms with Crippen LogP contribution in [0.15, 0.2) is 17.0 Å². The van der Waals surface area contributed by atoms with Gasteiger partial charge >= 0.3 is 0 Å². The molecular formula is C13H21N3O3S. The molecule has 7 heteroatoms. The number of hydrogen-bond donors (Lipinski definition) is 3. The second kappa shape index (κ2) is 6.71. The van der Waals surface area contributed by atoms with Crippen LogP contribution in [0.3, 0.4) is 0 Å². The SMILES string of the molecule is CCc1cc(N)c(CC)c(S(=O)(=O)NCCC(N)=O)c1. The summed E-state index contributed by atoms with van der Waals surface area (Å²) in [5.74, 6) is -0.551. The molecule has 112 valence electrons. The Morgan fingerprint density at radius 1 is 1.25 bits per heavy atom. The van der Waals surface area contributed by atoms with E-state index in [0.29, 0.717) is 24.1 Å². The molecule has 0 aliphatic rings. The standard InChI is InChI=1S/C13H21N3O3S/c1-3-9-7-11(14)10(4-2)12(8-9)20(18,19)16-6-5-13(15)17/h7-8,16H,3-6,14H2,1-2H3,(H2,15,17). The fraction of sp³-hybridized carbons (Fsp3) is 0.462. The van der Waals surface area contributed by atoms with Gasteiger partial charge in [-0.05, 0) is 36.1 Å². The molecule has 6 nitrogen and oxygen atoms in total. The van der Waals surface area contributed by atoms with Crippen LogP contribution in [-0.4, -0.2) is 20.9 Å². The van der Waals surface area contributed by atoms with Gasteiger partial charge in [-0.25, -0.2) is 13.1 Å². The average Bonchev–Trinajstić information content (AvgIpc) is 2.36. The number of hydrogen-bond acceptors (Lipinski definition) is 4. The number of carbonyl (C=O) groups is 1. The first-order valence-electron chi connectivity index (χ1n) is 6.51. The molecule has 1 aromatic carbocycles. The summed E-state index contributed by atoms with van der Waals surface area (Å²) >= 11 is 0. The van der Waals surface area contributed by atoms with Crippen molar-refractivity contribution in [1.29, 1.82) is 0 Å². The van der Waals surface area contributed by atoms with Crippen molar-refractivity contribution in [2.24, 2.45) is 5.73 Å². The first-order chi connectivity index (χ1) is 9.31. The third kappa shape index (κ3) is 3.94. The number of carbonyl (C=O) groups excluding carboxylic acids is 1. The van der Waals surface area contributed by atoms with Crippen LogP contribution in [0.2, 0.25) is 0 Å². The Hall–Kier alpha value is -1.60. The number of aryl methyl sites for hydroxylation is 1. The highest BCUT2D eigenvalue weighted by Crippen LogP contribution is 2.25. The average molecular weight is 299 g/mol. The lowest BCUT2D eigenvalue weighted by atomic mass is 10.1. The van der Waals surface area contributed by atoms with Crippen molar-refractivity contribution in [1.82, 2.24) is 4.72 Å². The molecule has 1 amide bonds. The summed E-state index contributed by atoms with van der Waals surface area (Å²) in [5.41, 5.74) is 12.8. The number of nitrogens with one attached hydrogen (secondary N) is 1. The van der Waals surface area contributed by atoms with E-state index < -0.39 is 15.9 Å². The predicted octanol–water partition coefficient (Wildman–Crippen LogP) is 0.547. The number of primary amides is 1. The molecule has 0 heterocycles. The molecule has 0 saturated carbocycles. The normalized spacial score (nSPS) is 11.5. The molecule has 0 atom stereocenters. The molecule has 20 heavy (non-hydrogen) atoms. The van der Waals surface area contributed by atoms with Crippen LogP contribution in [0, 0.1) is 0 Å². The monoisotopic (exact) mass is 299 g/mol. The van der Waals surface area contributed by atoms with Crippen molar-refractivity contribution in [2.45, 2.75) is 38.0 Å². The van der Waals surface area contributed by atoms with Crippen LogP contribution >= 0.6 is 0 Å². The maximum atomic E-state index is 12.3. The summed E-state index contributed by atoms with van der Waals surface area (Å²) in [6.45, 7) is 3.76. The van der Waals surface area contributed by atoms with Gasteiger partial charge < -0.3 is 11.5 Å². The Kier molecular flexibility index (Phi) is 5.52. The van der Waals surface area contributed by atoms with Crippen molar-refractivity contribution < 1.29 is 13.2 Å². The molecule has 0 unspecified atom stereocenters. The highest BCUT2D eigenvalue weighted by atomic mass is 32.2. The second-order valence-corrected chi connectivity index (χ2v) is 6.22. The van der Waals surface area contributed by atoms with Gasteiger partial charge in [-0.3, -0.25) is 4.79 Å². The first-order valence-corrected chi connectivity index (χ1v) is 7.99. The Bertz CT molecular complexity index is 597. The van der Waals surface area contributed by atoms with E-state index in [1.165, 1.54) is 0 Å². The van der Waals surface area contributed by atoms with Gasteiger partial charge in [0.05, 0.1) is 4.90 Å². The van der Waals surface area contributed by atoms with Gasteiger partial charge in [0.15, 0.2) is 0 Å². The zero-order valence-electron chi connectivity index (χ0n) is 11.8. The molecule has 0 saturated heterocycles. The third-order valence-electron chi connectivity index (χ3n) is 3.02. The van der Waals surface area contributed by atoms with Crippen molar-refractivity contribution in [3.8, 4) is 0 Å². The zero-order chi connectivity index (χ0) is 15.3. The minimum atomic E-state index is -3.69. The van der Waals surface area contributed by atoms with Gasteiger partial charge in [-0.2, -0.15) is 0 Å². The topological polar surface area (TPSA) is 115 Å². The van der Waals surface area contributed by atoms with E-state index in [0.717, 1.165) is 5.56 Å². The van der Waals surface area contributed by atoms with E-state index in [4.69, 9.17) is 11.5 Å². The number of anilines is 1. The quantitative estimate of drug-likeness (QED) is 0.637. The van der Waals surface area contributed by atoms with Crippen LogP contribution in [0.1, 0.15) is 31.4 Å². The Morgan fingerprint density at radius 2 is 1.90 bits per heavy atom. The summed E-state index contributed by atoms with van der Waals surface area (Å²) in [6, 6.07) is 3.42. The molecule has 5 N–H and O–H groups in total. The lowest BCUT2D eigenvalue weighted by Gasteiger charge is -2.14. The van der Waals surface area contributed by atoms with E-state index in [1.807, 2.05) is 13.8 Å². The zero-order valence-corrected chi connectivity index (χ0v) is 12.6. The van der Waals surface area contributed by atoms with E-state index in [9.17, 15) is 13.2 Å². The summed E-state index contributed by atoms with van der Waals surface area (Å²) in [4.78, 5) is 10.8. The van der Waals surface area contributed by atoms with Gasteiger partial charge in [0, 0.05) is 18.7 Å². The van der Waals surface area contributed by atoms with Gasteiger partial charge in [0.2, 0.25) is 15.9 Å². The number of nitrogens with two attached hydrogens (primary N) is 2. The minimum Gasteiger partial charge on any atom is -0.398 e. The van der Waals surface area contributed by atoms with E-state index in [2.05, 4.69) is 4.72 Å². The molecule has 1 aromatic rings. The number of rotatable bonds is 7. The first kappa shape index (κ1) is 16.5. The van der Waals surface area contributed by atoms with E-state index in [-0.39, 0.29) is 17.9 Å². The van der Waals surface area contributed by atoms with Crippen LogP contribution in [0.4, 0.5) is 5.69 Å². The smallest absolute Gasteiger partial charge is 0.240 e. The molecular weight excluding hydrogens is 278 g/mol. The third-order valence-corrected chi connectivity index (χ3v) is 4.55. The molecule has 0 spiro atoms. The van der Waals surface area contributed by atoms with Gasteiger partial charge in [-0.15, -0.1) is 0 Å². The maximum absolute atomic E-state index is 12.3. The summed E-state index contributed by atoms with van der Waals surface area (Å²) < 4.78 is 27.0. The predicted molar refractivity (Wildman–Crippen MR) is 78.6 cm³/mol. The molecule has 1 rings (SSSR count). The molecule has 0 fully saturated rings. The molecule has 0 bridgehead atoms. The molecule has 0 aliphatic heterocycles. The Morgan fingerprint density at radius 3 is 2.40 bits per heavy atom. The van der Waals surface area contributed by atoms with Crippen LogP contribution in [0.25, 0.3) is 0 Å². The number of nitrogen functional groups attached to an aromatic ring is 1. The Balaban J connectivity index is 3.15. The lowest BCUT2D eigenvalue weighted by molar-refractivity contribution is -0.117. The minimum absolute atomic E-state index is 0.0168. The molecule has 0 aliphatic carbocycles. The van der Waals surface area contributed by atoms with Crippen LogP contribution < -0.4 is 16.2 Å². The highest BCUT2D eigenvalue weighted by Gasteiger charge is 2.20. The number of sulfonamides is 1. The second-order valence-electron chi connectivity index (χ2n) is 4.48. The van der Waals surface area contributed by atoms with Crippen molar-refractivity contribution in [2.75, 3.05) is 12.3 Å². The van der Waals surface area contributed by atoms with Crippen molar-refractivity contribution in [3.63, 3.8) is 0 Å². The molecule has 0 radical (unpaired) electrons. The molecule has 0 aromatic heterocycles. The van der Waals surface area contributed by atoms with Gasteiger partial charge in [0.1, 0.15) is 0 Å². The maximum Gasteiger partial charge on any atom is 0.240 e. The lowest BCUT2D eigenvalue weighted by Crippen LogP contribution is -2.29. The van der Waals surface area contributed by atoms with Gasteiger partial charge in [0.25, 0.3) is 0 Å². The fourth-order valence-electron chi connectivity index (χ4n) is 1.93. The fourth-order valence-corrected chi connectivity index (χ4v) is 3.35. The van der Waals surface area contributed by atoms with E-state index in [1.54, 1.807) is 12.1 Å². The largest absolute Gasteiger partial charge is 0.398 e. The van der Waals surface area contributed by atoms with Crippen LogP contribution in [-0.2, 0) is 27.7 Å². The Labute approximate surface area is 119 Å². The van der Waals surface area contributed by atoms with Crippen molar-refractivity contribution in [3.05, 3.63) is 23.3 Å².